The summed E-state index contributed by atoms with van der Waals surface area (Å²) in [6.07, 6.45) is 0.852. The summed E-state index contributed by atoms with van der Waals surface area (Å²) in [6, 6.07) is 14.5. The lowest BCUT2D eigenvalue weighted by atomic mass is 10.1. The van der Waals surface area contributed by atoms with E-state index in [1.165, 1.54) is 12.1 Å². The highest BCUT2D eigenvalue weighted by Gasteiger charge is 2.16. The highest BCUT2D eigenvalue weighted by molar-refractivity contribution is 7.89. The monoisotopic (exact) mass is 418 g/mol. The quantitative estimate of drug-likeness (QED) is 0.440. The highest BCUT2D eigenvalue weighted by Crippen LogP contribution is 2.07. The van der Waals surface area contributed by atoms with Crippen molar-refractivity contribution in [3.63, 3.8) is 0 Å². The Balaban J connectivity index is 1.71. The largest absolute Gasteiger partial charge is 0.456 e. The fourth-order valence-corrected chi connectivity index (χ4v) is 3.29. The number of nitrogens with one attached hydrogen (secondary N) is 2. The van der Waals surface area contributed by atoms with Gasteiger partial charge in [0.05, 0.1) is 11.4 Å². The van der Waals surface area contributed by atoms with Crippen molar-refractivity contribution in [3.8, 4) is 0 Å². The van der Waals surface area contributed by atoms with Gasteiger partial charge in [0.1, 0.15) is 6.54 Å². The van der Waals surface area contributed by atoms with Gasteiger partial charge in [-0.2, -0.15) is 0 Å². The first kappa shape index (κ1) is 22.3. The van der Waals surface area contributed by atoms with Crippen LogP contribution in [0.2, 0.25) is 0 Å². The van der Waals surface area contributed by atoms with Crippen LogP contribution in [0.4, 0.5) is 0 Å². The molecule has 0 aliphatic carbocycles. The van der Waals surface area contributed by atoms with Gasteiger partial charge >= 0.3 is 5.97 Å². The third-order valence-electron chi connectivity index (χ3n) is 3.95. The number of amides is 1. The van der Waals surface area contributed by atoms with Crippen molar-refractivity contribution in [2.45, 2.75) is 18.2 Å². The van der Waals surface area contributed by atoms with Crippen LogP contribution in [-0.4, -0.2) is 45.8 Å². The van der Waals surface area contributed by atoms with Crippen molar-refractivity contribution < 1.29 is 27.5 Å². The molecule has 0 heterocycles. The lowest BCUT2D eigenvalue weighted by Gasteiger charge is -2.08. The number of hydrogen-bond acceptors (Lipinski definition) is 6. The maximum atomic E-state index is 12.0. The van der Waals surface area contributed by atoms with Crippen LogP contribution in [0.5, 0.6) is 0 Å². The van der Waals surface area contributed by atoms with Crippen LogP contribution < -0.4 is 10.0 Å². The SMILES string of the molecule is CCc1ccc(C(=O)COC(=O)CNC(=O)CNS(=O)(=O)c2ccccc2)cc1. The van der Waals surface area contributed by atoms with Crippen molar-refractivity contribution in [3.05, 3.63) is 65.7 Å². The second-order valence-corrected chi connectivity index (χ2v) is 7.82. The van der Waals surface area contributed by atoms with E-state index in [0.29, 0.717) is 5.56 Å². The van der Waals surface area contributed by atoms with E-state index in [4.69, 9.17) is 4.74 Å². The average molecular weight is 418 g/mol. The number of ketones is 1. The van der Waals surface area contributed by atoms with Crippen molar-refractivity contribution >= 4 is 27.7 Å². The number of sulfonamides is 1. The Morgan fingerprint density at radius 2 is 1.59 bits per heavy atom. The molecule has 9 heteroatoms. The Kier molecular flexibility index (Phi) is 8.05. The zero-order valence-electron chi connectivity index (χ0n) is 15.9. The normalized spacial score (nSPS) is 10.9. The van der Waals surface area contributed by atoms with Crippen LogP contribution in [0.3, 0.4) is 0 Å². The second kappa shape index (κ2) is 10.5. The molecule has 0 fully saturated rings. The summed E-state index contributed by atoms with van der Waals surface area (Å²) in [4.78, 5) is 35.4. The molecule has 154 valence electrons. The third kappa shape index (κ3) is 7.13. The van der Waals surface area contributed by atoms with Crippen LogP contribution >= 0.6 is 0 Å². The van der Waals surface area contributed by atoms with Crippen LogP contribution in [0.1, 0.15) is 22.8 Å². The smallest absolute Gasteiger partial charge is 0.325 e. The molecule has 0 saturated carbocycles. The molecule has 0 aromatic heterocycles. The number of carbonyl (C=O) groups excluding carboxylic acids is 3. The molecular formula is C20H22N2O6S. The summed E-state index contributed by atoms with van der Waals surface area (Å²) in [5.41, 5.74) is 1.51. The van der Waals surface area contributed by atoms with Gasteiger partial charge in [-0.05, 0) is 24.1 Å². The predicted molar refractivity (Wildman–Crippen MR) is 106 cm³/mol. The minimum atomic E-state index is -3.82. The zero-order valence-corrected chi connectivity index (χ0v) is 16.7. The first-order valence-electron chi connectivity index (χ1n) is 8.91. The van der Waals surface area contributed by atoms with E-state index < -0.39 is 41.6 Å². The Hall–Kier alpha value is -3.04. The number of rotatable bonds is 10. The summed E-state index contributed by atoms with van der Waals surface area (Å²) in [5, 5.41) is 2.23. The molecule has 0 radical (unpaired) electrons. The van der Waals surface area contributed by atoms with Gasteiger partial charge < -0.3 is 10.1 Å². The van der Waals surface area contributed by atoms with Crippen LogP contribution in [-0.2, 0) is 30.8 Å². The summed E-state index contributed by atoms with van der Waals surface area (Å²) >= 11 is 0. The lowest BCUT2D eigenvalue weighted by molar-refractivity contribution is -0.142. The molecule has 0 aliphatic rings. The van der Waals surface area contributed by atoms with Crippen LogP contribution in [0.15, 0.2) is 59.5 Å². The number of esters is 1. The van der Waals surface area contributed by atoms with Gasteiger partial charge in [-0.3, -0.25) is 14.4 Å². The average Bonchev–Trinajstić information content (AvgIpc) is 2.75. The molecule has 29 heavy (non-hydrogen) atoms. The van der Waals surface area contributed by atoms with Gasteiger partial charge in [-0.25, -0.2) is 13.1 Å². The van der Waals surface area contributed by atoms with Crippen molar-refractivity contribution in [2.24, 2.45) is 0 Å². The Bertz CT molecular complexity index is 956. The first-order valence-corrected chi connectivity index (χ1v) is 10.4. The van der Waals surface area contributed by atoms with Crippen LogP contribution in [0, 0.1) is 0 Å². The Morgan fingerprint density at radius 3 is 2.21 bits per heavy atom. The second-order valence-electron chi connectivity index (χ2n) is 6.05. The minimum absolute atomic E-state index is 0.0256. The van der Waals surface area contributed by atoms with Gasteiger partial charge in [0.2, 0.25) is 15.9 Å². The fourth-order valence-electron chi connectivity index (χ4n) is 2.28. The van der Waals surface area contributed by atoms with Crippen LogP contribution in [0.25, 0.3) is 0 Å². The topological polar surface area (TPSA) is 119 Å². The molecular weight excluding hydrogens is 396 g/mol. The number of hydrogen-bond donors (Lipinski definition) is 2. The third-order valence-corrected chi connectivity index (χ3v) is 5.37. The zero-order chi connectivity index (χ0) is 21.3. The van der Waals surface area contributed by atoms with Crippen molar-refractivity contribution in [1.82, 2.24) is 10.0 Å². The lowest BCUT2D eigenvalue weighted by Crippen LogP contribution is -2.39. The van der Waals surface area contributed by atoms with E-state index in [1.807, 2.05) is 19.1 Å². The van der Waals surface area contributed by atoms with E-state index in [9.17, 15) is 22.8 Å². The van der Waals surface area contributed by atoms with Gasteiger partial charge in [0.15, 0.2) is 12.4 Å². The number of ether oxygens (including phenoxy) is 1. The number of benzene rings is 2. The predicted octanol–water partition coefficient (Wildman–Crippen LogP) is 1.07. The van der Waals surface area contributed by atoms with Gasteiger partial charge in [0.25, 0.3) is 0 Å². The summed E-state index contributed by atoms with van der Waals surface area (Å²) in [5.74, 6) is -1.87. The number of Topliss-reactive ketones (excluding diaryl/α,β-unsaturated/α-hetero) is 1. The summed E-state index contributed by atoms with van der Waals surface area (Å²) in [7, 11) is -3.82. The number of aryl methyl sites for hydroxylation is 1. The standard InChI is InChI=1S/C20H22N2O6S/c1-2-15-8-10-16(11-9-15)18(23)14-28-20(25)13-21-19(24)12-22-29(26,27)17-6-4-3-5-7-17/h3-11,22H,2,12-14H2,1H3,(H,21,24). The van der Waals surface area contributed by atoms with Crippen molar-refractivity contribution in [2.75, 3.05) is 19.7 Å². The molecule has 0 spiro atoms. The van der Waals surface area contributed by atoms with Gasteiger partial charge in [0, 0.05) is 5.56 Å². The summed E-state index contributed by atoms with van der Waals surface area (Å²) in [6.45, 7) is 0.543. The van der Waals surface area contributed by atoms with E-state index >= 15 is 0 Å². The molecule has 2 N–H and O–H groups in total. The Labute approximate surface area is 169 Å². The van der Waals surface area contributed by atoms with Gasteiger partial charge in [-0.1, -0.05) is 49.4 Å². The molecule has 0 saturated heterocycles. The Morgan fingerprint density at radius 1 is 0.931 bits per heavy atom. The van der Waals surface area contributed by atoms with E-state index in [0.717, 1.165) is 12.0 Å². The molecule has 2 aromatic carbocycles. The number of carbonyl (C=O) groups is 3. The molecule has 1 amide bonds. The minimum Gasteiger partial charge on any atom is -0.456 e. The van der Waals surface area contributed by atoms with Gasteiger partial charge in [-0.15, -0.1) is 0 Å². The van der Waals surface area contributed by atoms with E-state index in [-0.39, 0.29) is 10.7 Å². The molecule has 0 bridgehead atoms. The first-order chi connectivity index (χ1) is 13.8. The molecule has 0 atom stereocenters. The maximum absolute atomic E-state index is 12.0. The highest BCUT2D eigenvalue weighted by atomic mass is 32.2. The molecule has 8 nitrogen and oxygen atoms in total. The van der Waals surface area contributed by atoms with E-state index in [1.54, 1.807) is 30.3 Å². The maximum Gasteiger partial charge on any atom is 0.325 e. The molecule has 0 unspecified atom stereocenters. The van der Waals surface area contributed by atoms with E-state index in [2.05, 4.69) is 10.0 Å². The molecule has 2 aromatic rings. The fraction of sp³-hybridized carbons (Fsp3) is 0.250. The molecule has 2 rings (SSSR count). The molecule has 0 aliphatic heterocycles. The summed E-state index contributed by atoms with van der Waals surface area (Å²) < 4.78 is 31.0. The van der Waals surface area contributed by atoms with Crippen molar-refractivity contribution in [1.29, 1.82) is 0 Å².